The SMILES string of the molecule is C=CC(=O)N1CC2C(=O)N(CCN(C)C)c3c(c4cc(F)c(-c5c(O)cccc5F)c(F)c4n(-c4scnc4C(C)C)c3=O)N2CC1C. The zero-order valence-corrected chi connectivity index (χ0v) is 27.9. The summed E-state index contributed by atoms with van der Waals surface area (Å²) in [6.07, 6.45) is 1.16. The minimum absolute atomic E-state index is 0.0367. The summed E-state index contributed by atoms with van der Waals surface area (Å²) >= 11 is 1.07. The number of likely N-dealkylation sites (N-methyl/N-ethyl adjacent to an activating group) is 1. The lowest BCUT2D eigenvalue weighted by atomic mass is 9.95. The van der Waals surface area contributed by atoms with Crippen LogP contribution < -0.4 is 15.4 Å². The molecule has 0 bridgehead atoms. The van der Waals surface area contributed by atoms with Crippen LogP contribution in [0.2, 0.25) is 0 Å². The van der Waals surface area contributed by atoms with Crippen molar-refractivity contribution in [3.8, 4) is 21.9 Å². The molecule has 1 fully saturated rings. The van der Waals surface area contributed by atoms with Crippen molar-refractivity contribution >= 4 is 45.4 Å². The summed E-state index contributed by atoms with van der Waals surface area (Å²) in [6, 6.07) is 2.88. The monoisotopic (exact) mass is 680 g/mol. The van der Waals surface area contributed by atoms with E-state index >= 15 is 13.2 Å². The molecule has 2 aliphatic rings. The number of hydrogen-bond donors (Lipinski definition) is 1. The van der Waals surface area contributed by atoms with Crippen LogP contribution in [-0.2, 0) is 9.59 Å². The number of phenols is 1. The number of aromatic hydroxyl groups is 1. The lowest BCUT2D eigenvalue weighted by molar-refractivity contribution is -0.130. The molecule has 48 heavy (non-hydrogen) atoms. The van der Waals surface area contributed by atoms with Gasteiger partial charge in [0.1, 0.15) is 34.1 Å². The molecular formula is C34H35F3N6O4S. The van der Waals surface area contributed by atoms with Crippen LogP contribution in [0.15, 0.2) is 47.2 Å². The third-order valence-electron chi connectivity index (χ3n) is 8.94. The number of piperazine rings is 1. The van der Waals surface area contributed by atoms with Gasteiger partial charge < -0.3 is 24.7 Å². The van der Waals surface area contributed by atoms with Crippen molar-refractivity contribution in [2.75, 3.05) is 50.1 Å². The average Bonchev–Trinajstić information content (AvgIpc) is 3.52. The number of phenolic OH excluding ortho intramolecular Hbond substituents is 1. The first kappa shape index (κ1) is 33.2. The van der Waals surface area contributed by atoms with E-state index in [2.05, 4.69) is 11.6 Å². The molecule has 4 aromatic rings. The molecular weight excluding hydrogens is 645 g/mol. The summed E-state index contributed by atoms with van der Waals surface area (Å²) in [5.41, 5.74) is -0.602. The molecule has 0 radical (unpaired) electrons. The first-order valence-electron chi connectivity index (χ1n) is 15.5. The van der Waals surface area contributed by atoms with Gasteiger partial charge in [-0.15, -0.1) is 11.3 Å². The number of rotatable bonds is 7. The van der Waals surface area contributed by atoms with Crippen LogP contribution in [0.4, 0.5) is 24.5 Å². The molecule has 252 valence electrons. The van der Waals surface area contributed by atoms with E-state index in [-0.39, 0.29) is 58.7 Å². The number of fused-ring (bicyclic) bond motifs is 5. The molecule has 2 unspecified atom stereocenters. The van der Waals surface area contributed by atoms with E-state index in [9.17, 15) is 19.5 Å². The van der Waals surface area contributed by atoms with Gasteiger partial charge in [0.25, 0.3) is 11.5 Å². The highest BCUT2D eigenvalue weighted by molar-refractivity contribution is 7.12. The van der Waals surface area contributed by atoms with Gasteiger partial charge in [-0.25, -0.2) is 18.2 Å². The zero-order chi connectivity index (χ0) is 34.8. The normalized spacial score (nSPS) is 17.8. The second-order valence-corrected chi connectivity index (χ2v) is 13.5. The predicted molar refractivity (Wildman–Crippen MR) is 180 cm³/mol. The van der Waals surface area contributed by atoms with E-state index in [0.29, 0.717) is 12.2 Å². The first-order valence-corrected chi connectivity index (χ1v) is 16.3. The van der Waals surface area contributed by atoms with Gasteiger partial charge in [-0.1, -0.05) is 26.5 Å². The van der Waals surface area contributed by atoms with Crippen molar-refractivity contribution in [1.29, 1.82) is 0 Å². The van der Waals surface area contributed by atoms with Gasteiger partial charge in [0.05, 0.1) is 40.1 Å². The molecule has 2 aromatic heterocycles. The highest BCUT2D eigenvalue weighted by atomic mass is 32.1. The summed E-state index contributed by atoms with van der Waals surface area (Å²) < 4.78 is 49.8. The van der Waals surface area contributed by atoms with Gasteiger partial charge in [0, 0.05) is 31.1 Å². The topological polar surface area (TPSA) is 102 Å². The molecule has 10 nitrogen and oxygen atoms in total. The second kappa shape index (κ2) is 12.4. The molecule has 0 saturated carbocycles. The molecule has 0 spiro atoms. The minimum atomic E-state index is -1.27. The maximum atomic E-state index is 17.2. The van der Waals surface area contributed by atoms with Crippen molar-refractivity contribution in [3.05, 3.63) is 75.9 Å². The van der Waals surface area contributed by atoms with Crippen LogP contribution in [0.5, 0.6) is 5.75 Å². The van der Waals surface area contributed by atoms with Gasteiger partial charge in [-0.2, -0.15) is 0 Å². The molecule has 6 rings (SSSR count). The van der Waals surface area contributed by atoms with Crippen LogP contribution in [0.25, 0.3) is 27.0 Å². The Morgan fingerprint density at radius 1 is 1.15 bits per heavy atom. The summed E-state index contributed by atoms with van der Waals surface area (Å²) in [4.78, 5) is 52.8. The molecule has 14 heteroatoms. The van der Waals surface area contributed by atoms with E-state index in [1.165, 1.54) is 21.4 Å². The Bertz CT molecular complexity index is 2020. The molecule has 2 atom stereocenters. The Hall–Kier alpha value is -4.69. The zero-order valence-electron chi connectivity index (χ0n) is 27.1. The summed E-state index contributed by atoms with van der Waals surface area (Å²) in [5, 5.41) is 10.8. The fourth-order valence-corrected chi connectivity index (χ4v) is 7.60. The molecule has 4 heterocycles. The maximum absolute atomic E-state index is 17.2. The first-order chi connectivity index (χ1) is 22.8. The Kier molecular flexibility index (Phi) is 8.58. The Morgan fingerprint density at radius 2 is 1.88 bits per heavy atom. The standard InChI is InChI=1S/C34H35F3N6O4S/c1-7-24(45)41-15-22-32(46)40(12-11-39(5)6)31-30(42(22)14-18(41)4)19-13-21(36)26(25-20(35)9-8-10-23(25)44)27(37)29(19)43(33(31)47)34-28(17(2)3)38-16-48-34/h7-10,13,16-18,22,44H,1,11-12,14-15H2,2-6H3. The minimum Gasteiger partial charge on any atom is -0.507 e. The Balaban J connectivity index is 1.77. The van der Waals surface area contributed by atoms with E-state index < -0.39 is 57.9 Å². The van der Waals surface area contributed by atoms with Gasteiger partial charge in [-0.05, 0) is 51.2 Å². The number of amides is 2. The Morgan fingerprint density at radius 3 is 2.52 bits per heavy atom. The third kappa shape index (κ3) is 5.14. The molecule has 0 aliphatic carbocycles. The van der Waals surface area contributed by atoms with E-state index in [0.717, 1.165) is 40.2 Å². The number of halogens is 3. The van der Waals surface area contributed by atoms with E-state index in [1.807, 2.05) is 32.8 Å². The number of anilines is 2. The fourth-order valence-electron chi connectivity index (χ4n) is 6.64. The van der Waals surface area contributed by atoms with Crippen LogP contribution in [0, 0.1) is 17.5 Å². The van der Waals surface area contributed by atoms with Crippen molar-refractivity contribution in [2.24, 2.45) is 0 Å². The highest BCUT2D eigenvalue weighted by Gasteiger charge is 2.47. The number of benzene rings is 2. The molecule has 1 N–H and O–H groups in total. The van der Waals surface area contributed by atoms with E-state index in [4.69, 9.17) is 0 Å². The molecule has 2 amide bonds. The number of carbonyl (C=O) groups excluding carboxylic acids is 2. The van der Waals surface area contributed by atoms with Gasteiger partial charge in [-0.3, -0.25) is 19.0 Å². The lowest BCUT2D eigenvalue weighted by Gasteiger charge is -2.50. The number of thiazole rings is 1. The number of carbonyl (C=O) groups is 2. The van der Waals surface area contributed by atoms with Crippen LogP contribution >= 0.6 is 11.3 Å². The van der Waals surface area contributed by atoms with Crippen molar-refractivity contribution in [3.63, 3.8) is 0 Å². The van der Waals surface area contributed by atoms with Crippen molar-refractivity contribution < 1.29 is 27.9 Å². The van der Waals surface area contributed by atoms with Gasteiger partial charge >= 0.3 is 0 Å². The molecule has 2 aliphatic heterocycles. The second-order valence-electron chi connectivity index (χ2n) is 12.6. The van der Waals surface area contributed by atoms with E-state index in [1.54, 1.807) is 11.8 Å². The van der Waals surface area contributed by atoms with Gasteiger partial charge in [0.15, 0.2) is 5.82 Å². The lowest BCUT2D eigenvalue weighted by Crippen LogP contribution is -2.67. The average molecular weight is 681 g/mol. The largest absolute Gasteiger partial charge is 0.507 e. The quantitative estimate of drug-likeness (QED) is 0.279. The van der Waals surface area contributed by atoms with Crippen molar-refractivity contribution in [1.82, 2.24) is 19.4 Å². The van der Waals surface area contributed by atoms with Crippen LogP contribution in [-0.4, -0.2) is 88.6 Å². The number of hydrogen-bond acceptors (Lipinski definition) is 8. The maximum Gasteiger partial charge on any atom is 0.282 e. The number of aromatic nitrogens is 2. The summed E-state index contributed by atoms with van der Waals surface area (Å²) in [6.45, 7) is 9.51. The van der Waals surface area contributed by atoms with Crippen LogP contribution in [0.1, 0.15) is 32.4 Å². The number of nitrogens with zero attached hydrogens (tertiary/aromatic N) is 6. The predicted octanol–water partition coefficient (Wildman–Crippen LogP) is 4.86. The fraction of sp³-hybridized carbons (Fsp3) is 0.353. The van der Waals surface area contributed by atoms with Crippen molar-refractivity contribution in [2.45, 2.75) is 38.8 Å². The van der Waals surface area contributed by atoms with Crippen LogP contribution in [0.3, 0.4) is 0 Å². The molecule has 2 aromatic carbocycles. The molecule has 1 saturated heterocycles. The Labute approximate surface area is 278 Å². The third-order valence-corrected chi connectivity index (χ3v) is 9.77. The summed E-state index contributed by atoms with van der Waals surface area (Å²) in [7, 11) is 3.62. The number of pyridine rings is 1. The highest BCUT2D eigenvalue weighted by Crippen LogP contribution is 2.46. The smallest absolute Gasteiger partial charge is 0.282 e. The summed E-state index contributed by atoms with van der Waals surface area (Å²) in [5.74, 6) is -5.22. The van der Waals surface area contributed by atoms with Gasteiger partial charge in [0.2, 0.25) is 5.91 Å².